The van der Waals surface area contributed by atoms with Crippen molar-refractivity contribution >= 4 is 0 Å². The van der Waals surface area contributed by atoms with Gasteiger partial charge in [0.25, 0.3) is 0 Å². The summed E-state index contributed by atoms with van der Waals surface area (Å²) in [5.74, 6) is 0.473. The average Bonchev–Trinajstić information content (AvgIpc) is 2.62. The molecule has 0 fully saturated rings. The van der Waals surface area contributed by atoms with Gasteiger partial charge in [-0.3, -0.25) is 0 Å². The fourth-order valence-corrected chi connectivity index (χ4v) is 1.67. The van der Waals surface area contributed by atoms with Crippen LogP contribution in [0.25, 0.3) is 0 Å². The molecule has 1 heterocycles. The molecule has 3 heteroatoms. The van der Waals surface area contributed by atoms with Crippen LogP contribution < -0.4 is 10.5 Å². The predicted molar refractivity (Wildman–Crippen MR) is 52.7 cm³/mol. The number of hydrogen-bond acceptors (Lipinski definition) is 2. The molecule has 0 unspecified atom stereocenters. The van der Waals surface area contributed by atoms with E-state index in [1.807, 2.05) is 0 Å². The topological polar surface area (TPSA) is 35.2 Å². The summed E-state index contributed by atoms with van der Waals surface area (Å²) in [7, 11) is 0. The Balaban J connectivity index is 2.53. The van der Waals surface area contributed by atoms with Gasteiger partial charge in [-0.05, 0) is 12.1 Å². The Kier molecular flexibility index (Phi) is 2.25. The molecule has 0 aromatic heterocycles. The highest BCUT2D eigenvalue weighted by molar-refractivity contribution is 5.47. The fourth-order valence-electron chi connectivity index (χ4n) is 1.67. The summed E-state index contributed by atoms with van der Waals surface area (Å²) in [6, 6.07) is 2.55. The highest BCUT2D eigenvalue weighted by Crippen LogP contribution is 2.33. The van der Waals surface area contributed by atoms with Gasteiger partial charge in [-0.2, -0.15) is 0 Å². The van der Waals surface area contributed by atoms with Crippen LogP contribution in [0.1, 0.15) is 17.2 Å². The van der Waals surface area contributed by atoms with E-state index in [1.165, 1.54) is 12.1 Å². The normalized spacial score (nSPS) is 15.9. The van der Waals surface area contributed by atoms with E-state index >= 15 is 0 Å². The van der Waals surface area contributed by atoms with E-state index in [0.717, 1.165) is 17.7 Å². The van der Waals surface area contributed by atoms with E-state index < -0.39 is 0 Å². The number of fused-ring (bicyclic) bond motifs is 1. The molecular formula is C11H12FNO. The Morgan fingerprint density at radius 1 is 1.57 bits per heavy atom. The molecule has 1 aromatic rings. The minimum absolute atomic E-state index is 0.262. The molecule has 0 amide bonds. The standard InChI is InChI=1S/C11H12FNO/c1-2-10(13)9-6-8(12)5-7-3-4-14-11(7)9/h2,5-6,10H,1,3-4,13H2/t10-/m0/s1. The van der Waals surface area contributed by atoms with Gasteiger partial charge >= 0.3 is 0 Å². The molecule has 0 radical (unpaired) electrons. The first-order valence-electron chi connectivity index (χ1n) is 4.55. The van der Waals surface area contributed by atoms with Crippen LogP contribution in [0, 0.1) is 5.82 Å². The molecule has 1 aliphatic heterocycles. The minimum Gasteiger partial charge on any atom is -0.493 e. The van der Waals surface area contributed by atoms with Gasteiger partial charge in [0.15, 0.2) is 0 Å². The quantitative estimate of drug-likeness (QED) is 0.728. The van der Waals surface area contributed by atoms with E-state index in [1.54, 1.807) is 6.08 Å². The molecule has 2 nitrogen and oxygen atoms in total. The summed E-state index contributed by atoms with van der Waals surface area (Å²) in [6.07, 6.45) is 2.33. The van der Waals surface area contributed by atoms with Crippen LogP contribution >= 0.6 is 0 Å². The Labute approximate surface area is 82.2 Å². The van der Waals surface area contributed by atoms with Crippen molar-refractivity contribution in [1.82, 2.24) is 0 Å². The van der Waals surface area contributed by atoms with Crippen LogP contribution in [-0.4, -0.2) is 6.61 Å². The third-order valence-electron chi connectivity index (χ3n) is 2.39. The Morgan fingerprint density at radius 2 is 2.36 bits per heavy atom. The molecule has 14 heavy (non-hydrogen) atoms. The van der Waals surface area contributed by atoms with Gasteiger partial charge in [-0.25, -0.2) is 4.39 Å². The lowest BCUT2D eigenvalue weighted by molar-refractivity contribution is 0.352. The molecule has 0 saturated carbocycles. The van der Waals surface area contributed by atoms with Crippen LogP contribution in [0.4, 0.5) is 4.39 Å². The molecule has 74 valence electrons. The second-order valence-electron chi connectivity index (χ2n) is 3.34. The monoisotopic (exact) mass is 193 g/mol. The van der Waals surface area contributed by atoms with Crippen LogP contribution in [0.2, 0.25) is 0 Å². The maximum atomic E-state index is 13.2. The van der Waals surface area contributed by atoms with Crippen molar-refractivity contribution in [2.45, 2.75) is 12.5 Å². The number of hydrogen-bond donors (Lipinski definition) is 1. The maximum Gasteiger partial charge on any atom is 0.127 e. The number of benzene rings is 1. The molecule has 0 spiro atoms. The van der Waals surface area contributed by atoms with Crippen molar-refractivity contribution in [2.75, 3.05) is 6.61 Å². The SMILES string of the molecule is C=C[C@H](N)c1cc(F)cc2c1OCC2. The van der Waals surface area contributed by atoms with Gasteiger partial charge in [0.05, 0.1) is 12.6 Å². The van der Waals surface area contributed by atoms with Gasteiger partial charge in [0.2, 0.25) is 0 Å². The smallest absolute Gasteiger partial charge is 0.127 e. The van der Waals surface area contributed by atoms with Crippen LogP contribution in [-0.2, 0) is 6.42 Å². The number of ether oxygens (including phenoxy) is 1. The lowest BCUT2D eigenvalue weighted by Crippen LogP contribution is -2.08. The number of rotatable bonds is 2. The van der Waals surface area contributed by atoms with E-state index in [-0.39, 0.29) is 11.9 Å². The Bertz CT molecular complexity index is 376. The Hall–Kier alpha value is -1.35. The zero-order valence-electron chi connectivity index (χ0n) is 7.79. The van der Waals surface area contributed by atoms with Crippen molar-refractivity contribution in [3.63, 3.8) is 0 Å². The second kappa shape index (κ2) is 3.42. The van der Waals surface area contributed by atoms with Gasteiger partial charge in [-0.1, -0.05) is 6.08 Å². The van der Waals surface area contributed by atoms with Gasteiger partial charge in [0, 0.05) is 17.5 Å². The highest BCUT2D eigenvalue weighted by atomic mass is 19.1. The molecule has 1 atom stereocenters. The van der Waals surface area contributed by atoms with Crippen molar-refractivity contribution in [1.29, 1.82) is 0 Å². The lowest BCUT2D eigenvalue weighted by atomic mass is 10.0. The zero-order chi connectivity index (χ0) is 10.1. The summed E-state index contributed by atoms with van der Waals surface area (Å²) < 4.78 is 18.6. The lowest BCUT2D eigenvalue weighted by Gasteiger charge is -2.11. The summed E-state index contributed by atoms with van der Waals surface area (Å²) in [5.41, 5.74) is 7.36. The van der Waals surface area contributed by atoms with Crippen LogP contribution in [0.3, 0.4) is 0 Å². The second-order valence-corrected chi connectivity index (χ2v) is 3.34. The average molecular weight is 193 g/mol. The van der Waals surface area contributed by atoms with Gasteiger partial charge < -0.3 is 10.5 Å². The number of nitrogens with two attached hydrogens (primary N) is 1. The summed E-state index contributed by atoms with van der Waals surface area (Å²) >= 11 is 0. The third kappa shape index (κ3) is 1.40. The number of halogens is 1. The van der Waals surface area contributed by atoms with Crippen LogP contribution in [0.15, 0.2) is 24.8 Å². The third-order valence-corrected chi connectivity index (χ3v) is 2.39. The molecule has 0 aliphatic carbocycles. The van der Waals surface area contributed by atoms with E-state index in [0.29, 0.717) is 12.2 Å². The van der Waals surface area contributed by atoms with Crippen molar-refractivity contribution in [2.24, 2.45) is 5.73 Å². The van der Waals surface area contributed by atoms with Gasteiger partial charge in [0.1, 0.15) is 11.6 Å². The summed E-state index contributed by atoms with van der Waals surface area (Å²) in [6.45, 7) is 4.20. The fraction of sp³-hybridized carbons (Fsp3) is 0.273. The summed E-state index contributed by atoms with van der Waals surface area (Å²) in [5, 5.41) is 0. The maximum absolute atomic E-state index is 13.2. The van der Waals surface area contributed by atoms with Crippen LogP contribution in [0.5, 0.6) is 5.75 Å². The largest absolute Gasteiger partial charge is 0.493 e. The summed E-state index contributed by atoms with van der Waals surface area (Å²) in [4.78, 5) is 0. The molecule has 1 aromatic carbocycles. The molecule has 0 saturated heterocycles. The molecule has 2 N–H and O–H groups in total. The first-order chi connectivity index (χ1) is 6.72. The first kappa shape index (κ1) is 9.21. The van der Waals surface area contributed by atoms with Crippen molar-refractivity contribution < 1.29 is 9.13 Å². The van der Waals surface area contributed by atoms with Crippen molar-refractivity contribution in [3.05, 3.63) is 41.7 Å². The first-order valence-corrected chi connectivity index (χ1v) is 4.55. The molecule has 1 aliphatic rings. The zero-order valence-corrected chi connectivity index (χ0v) is 7.79. The van der Waals surface area contributed by atoms with E-state index in [4.69, 9.17) is 10.5 Å². The Morgan fingerprint density at radius 3 is 3.07 bits per heavy atom. The highest BCUT2D eigenvalue weighted by Gasteiger charge is 2.20. The van der Waals surface area contributed by atoms with Crippen molar-refractivity contribution in [3.8, 4) is 5.75 Å². The molecule has 2 rings (SSSR count). The predicted octanol–water partition coefficient (Wildman–Crippen LogP) is 1.95. The van der Waals surface area contributed by atoms with E-state index in [2.05, 4.69) is 6.58 Å². The van der Waals surface area contributed by atoms with Gasteiger partial charge in [-0.15, -0.1) is 6.58 Å². The van der Waals surface area contributed by atoms with E-state index in [9.17, 15) is 4.39 Å². The molecular weight excluding hydrogens is 181 g/mol. The molecule has 0 bridgehead atoms. The minimum atomic E-state index is -0.363.